The second-order valence-corrected chi connectivity index (χ2v) is 6.20. The fourth-order valence-electron chi connectivity index (χ4n) is 3.05. The molecule has 1 unspecified atom stereocenters. The third kappa shape index (κ3) is 5.14. The largest absolute Gasteiger partial charge is 0.370 e. The summed E-state index contributed by atoms with van der Waals surface area (Å²) in [5.74, 6) is -0.206. The lowest BCUT2D eigenvalue weighted by molar-refractivity contribution is -0.119. The van der Waals surface area contributed by atoms with E-state index >= 15 is 0 Å². The number of carbonyl (C=O) groups is 1. The van der Waals surface area contributed by atoms with Gasteiger partial charge >= 0.3 is 0 Å². The number of carbonyl (C=O) groups excluding carboxylic acids is 1. The standard InChI is InChI=1S/C17H27N3O/c1-13-4-3-5-15(10-13)12-19-16-6-8-20(9-7-16)14(2)11-17(18)21/h3-5,10,14,16,19H,6-9,11-12H2,1-2H3,(H2,18,21). The van der Waals surface area contributed by atoms with Crippen molar-refractivity contribution < 1.29 is 4.79 Å². The van der Waals surface area contributed by atoms with E-state index in [1.807, 2.05) is 0 Å². The van der Waals surface area contributed by atoms with Crippen molar-refractivity contribution in [3.8, 4) is 0 Å². The second-order valence-electron chi connectivity index (χ2n) is 6.20. The van der Waals surface area contributed by atoms with E-state index in [2.05, 4.69) is 48.3 Å². The average molecular weight is 289 g/mol. The molecular formula is C17H27N3O. The van der Waals surface area contributed by atoms with Crippen LogP contribution >= 0.6 is 0 Å². The predicted molar refractivity (Wildman–Crippen MR) is 85.9 cm³/mol. The maximum absolute atomic E-state index is 11.0. The number of hydrogen-bond acceptors (Lipinski definition) is 3. The van der Waals surface area contributed by atoms with Gasteiger partial charge in [0.25, 0.3) is 0 Å². The van der Waals surface area contributed by atoms with Crippen molar-refractivity contribution in [2.75, 3.05) is 13.1 Å². The monoisotopic (exact) mass is 289 g/mol. The minimum absolute atomic E-state index is 0.206. The van der Waals surface area contributed by atoms with Crippen LogP contribution in [0.5, 0.6) is 0 Å². The van der Waals surface area contributed by atoms with Crippen LogP contribution in [-0.2, 0) is 11.3 Å². The van der Waals surface area contributed by atoms with Gasteiger partial charge in [-0.3, -0.25) is 4.79 Å². The van der Waals surface area contributed by atoms with Gasteiger partial charge in [-0.15, -0.1) is 0 Å². The van der Waals surface area contributed by atoms with Crippen LogP contribution < -0.4 is 11.1 Å². The lowest BCUT2D eigenvalue weighted by Crippen LogP contribution is -2.46. The molecule has 0 spiro atoms. The number of rotatable bonds is 6. The lowest BCUT2D eigenvalue weighted by atomic mass is 10.0. The van der Waals surface area contributed by atoms with Crippen LogP contribution in [-0.4, -0.2) is 36.0 Å². The first kappa shape index (κ1) is 16.0. The van der Waals surface area contributed by atoms with Crippen molar-refractivity contribution in [2.45, 2.75) is 51.7 Å². The summed E-state index contributed by atoms with van der Waals surface area (Å²) in [5, 5.41) is 3.65. The number of piperidine rings is 1. The Kier molecular flexibility index (Phi) is 5.76. The van der Waals surface area contributed by atoms with Crippen LogP contribution in [0.2, 0.25) is 0 Å². The Hall–Kier alpha value is -1.39. The molecule has 1 fully saturated rings. The zero-order chi connectivity index (χ0) is 15.2. The molecule has 2 rings (SSSR count). The third-order valence-electron chi connectivity index (χ3n) is 4.33. The first-order valence-corrected chi connectivity index (χ1v) is 7.86. The minimum Gasteiger partial charge on any atom is -0.370 e. The highest BCUT2D eigenvalue weighted by Gasteiger charge is 2.23. The van der Waals surface area contributed by atoms with E-state index in [9.17, 15) is 4.79 Å². The number of nitrogens with two attached hydrogens (primary N) is 1. The smallest absolute Gasteiger partial charge is 0.218 e. The van der Waals surface area contributed by atoms with Gasteiger partial charge in [0.2, 0.25) is 5.91 Å². The zero-order valence-corrected chi connectivity index (χ0v) is 13.1. The molecule has 21 heavy (non-hydrogen) atoms. The molecule has 1 aromatic carbocycles. The normalized spacial score (nSPS) is 18.6. The van der Waals surface area contributed by atoms with Crippen LogP contribution in [0.4, 0.5) is 0 Å². The summed E-state index contributed by atoms with van der Waals surface area (Å²) in [6.45, 7) is 7.23. The van der Waals surface area contributed by atoms with Crippen molar-refractivity contribution in [2.24, 2.45) is 5.73 Å². The highest BCUT2D eigenvalue weighted by atomic mass is 16.1. The van der Waals surface area contributed by atoms with Crippen molar-refractivity contribution >= 4 is 5.91 Å². The second kappa shape index (κ2) is 7.57. The molecule has 1 heterocycles. The molecule has 0 saturated carbocycles. The van der Waals surface area contributed by atoms with E-state index in [0.717, 1.165) is 32.5 Å². The number of primary amides is 1. The van der Waals surface area contributed by atoms with Crippen molar-refractivity contribution in [1.82, 2.24) is 10.2 Å². The number of likely N-dealkylation sites (tertiary alicyclic amines) is 1. The first-order chi connectivity index (χ1) is 10.0. The molecule has 1 aliphatic heterocycles. The molecule has 0 aliphatic carbocycles. The van der Waals surface area contributed by atoms with Crippen molar-refractivity contribution in [3.63, 3.8) is 0 Å². The number of aryl methyl sites for hydroxylation is 1. The Labute approximate surface area is 127 Å². The topological polar surface area (TPSA) is 58.4 Å². The van der Waals surface area contributed by atoms with Gasteiger partial charge in [0, 0.05) is 25.0 Å². The Bertz CT molecular complexity index is 467. The fourth-order valence-corrected chi connectivity index (χ4v) is 3.05. The SMILES string of the molecule is Cc1cccc(CNC2CCN(C(C)CC(N)=O)CC2)c1. The molecular weight excluding hydrogens is 262 g/mol. The van der Waals surface area contributed by atoms with Crippen molar-refractivity contribution in [1.29, 1.82) is 0 Å². The molecule has 0 bridgehead atoms. The molecule has 1 aromatic rings. The summed E-state index contributed by atoms with van der Waals surface area (Å²) < 4.78 is 0. The van der Waals surface area contributed by atoms with Crippen LogP contribution in [0.15, 0.2) is 24.3 Å². The Morgan fingerprint density at radius 3 is 2.76 bits per heavy atom. The number of hydrogen-bond donors (Lipinski definition) is 2. The first-order valence-electron chi connectivity index (χ1n) is 7.86. The number of nitrogens with one attached hydrogen (secondary N) is 1. The highest BCUT2D eigenvalue weighted by molar-refractivity contribution is 5.74. The predicted octanol–water partition coefficient (Wildman–Crippen LogP) is 1.81. The van der Waals surface area contributed by atoms with Crippen LogP contribution in [0, 0.1) is 6.92 Å². The maximum atomic E-state index is 11.0. The van der Waals surface area contributed by atoms with Gasteiger partial charge in [-0.25, -0.2) is 0 Å². The summed E-state index contributed by atoms with van der Waals surface area (Å²) in [6, 6.07) is 9.48. The van der Waals surface area contributed by atoms with E-state index in [0.29, 0.717) is 12.5 Å². The Morgan fingerprint density at radius 1 is 1.43 bits per heavy atom. The molecule has 1 atom stereocenters. The number of amides is 1. The molecule has 1 saturated heterocycles. The van der Waals surface area contributed by atoms with Crippen LogP contribution in [0.3, 0.4) is 0 Å². The molecule has 1 aliphatic rings. The quantitative estimate of drug-likeness (QED) is 0.840. The van der Waals surface area contributed by atoms with Crippen LogP contribution in [0.1, 0.15) is 37.3 Å². The molecule has 0 radical (unpaired) electrons. The van der Waals surface area contributed by atoms with Gasteiger partial charge in [0.05, 0.1) is 0 Å². The Balaban J connectivity index is 1.73. The fraction of sp³-hybridized carbons (Fsp3) is 0.588. The van der Waals surface area contributed by atoms with E-state index in [-0.39, 0.29) is 11.9 Å². The van der Waals surface area contributed by atoms with Gasteiger partial charge in [-0.2, -0.15) is 0 Å². The summed E-state index contributed by atoms with van der Waals surface area (Å²) in [6.07, 6.45) is 2.73. The molecule has 4 nitrogen and oxygen atoms in total. The summed E-state index contributed by atoms with van der Waals surface area (Å²) in [7, 11) is 0. The van der Waals surface area contributed by atoms with Gasteiger partial charge in [0.1, 0.15) is 0 Å². The van der Waals surface area contributed by atoms with Crippen molar-refractivity contribution in [3.05, 3.63) is 35.4 Å². The van der Waals surface area contributed by atoms with E-state index in [1.165, 1.54) is 11.1 Å². The molecule has 116 valence electrons. The molecule has 1 amide bonds. The van der Waals surface area contributed by atoms with Gasteiger partial charge in [-0.1, -0.05) is 29.8 Å². The molecule has 0 aromatic heterocycles. The molecule has 4 heteroatoms. The summed E-state index contributed by atoms with van der Waals surface area (Å²) in [4.78, 5) is 13.4. The molecule has 3 N–H and O–H groups in total. The minimum atomic E-state index is -0.206. The third-order valence-corrected chi connectivity index (χ3v) is 4.33. The number of nitrogens with zero attached hydrogens (tertiary/aromatic N) is 1. The lowest BCUT2D eigenvalue weighted by Gasteiger charge is -2.36. The van der Waals surface area contributed by atoms with Gasteiger partial charge in [-0.05, 0) is 45.3 Å². The van der Waals surface area contributed by atoms with E-state index in [4.69, 9.17) is 5.73 Å². The number of benzene rings is 1. The average Bonchev–Trinajstić information content (AvgIpc) is 2.45. The van der Waals surface area contributed by atoms with Gasteiger partial charge in [0.15, 0.2) is 0 Å². The van der Waals surface area contributed by atoms with E-state index < -0.39 is 0 Å². The van der Waals surface area contributed by atoms with Crippen LogP contribution in [0.25, 0.3) is 0 Å². The maximum Gasteiger partial charge on any atom is 0.218 e. The van der Waals surface area contributed by atoms with E-state index in [1.54, 1.807) is 0 Å². The summed E-state index contributed by atoms with van der Waals surface area (Å²) >= 11 is 0. The zero-order valence-electron chi connectivity index (χ0n) is 13.1. The summed E-state index contributed by atoms with van der Waals surface area (Å²) in [5.41, 5.74) is 7.93. The Morgan fingerprint density at radius 2 is 2.14 bits per heavy atom. The van der Waals surface area contributed by atoms with Gasteiger partial charge < -0.3 is 16.0 Å². The highest BCUT2D eigenvalue weighted by Crippen LogP contribution is 2.15.